The van der Waals surface area contributed by atoms with E-state index in [4.69, 9.17) is 4.74 Å². The molecular formula is C12H13BrFNO4. The van der Waals surface area contributed by atoms with E-state index in [9.17, 15) is 19.3 Å². The zero-order chi connectivity index (χ0) is 14.4. The molecule has 1 aromatic carbocycles. The normalized spacial score (nSPS) is 10.3. The molecule has 0 amide bonds. The molecule has 1 rings (SSSR count). The van der Waals surface area contributed by atoms with Crippen molar-refractivity contribution in [3.63, 3.8) is 0 Å². The second-order valence-electron chi connectivity index (χ2n) is 4.00. The molecule has 1 aromatic rings. The quantitative estimate of drug-likeness (QED) is 0.434. The van der Waals surface area contributed by atoms with Gasteiger partial charge in [0.1, 0.15) is 11.6 Å². The maximum Gasteiger partial charge on any atom is 0.315 e. The number of ketones is 1. The van der Waals surface area contributed by atoms with Crippen LogP contribution in [-0.2, 0) is 4.79 Å². The van der Waals surface area contributed by atoms with Crippen LogP contribution in [0.25, 0.3) is 0 Å². The van der Waals surface area contributed by atoms with Crippen LogP contribution in [0, 0.1) is 15.9 Å². The van der Waals surface area contributed by atoms with E-state index in [-0.39, 0.29) is 22.6 Å². The van der Waals surface area contributed by atoms with Gasteiger partial charge in [0.2, 0.25) is 5.75 Å². The van der Waals surface area contributed by atoms with Crippen LogP contribution in [0.4, 0.5) is 10.1 Å². The zero-order valence-corrected chi connectivity index (χ0v) is 11.9. The van der Waals surface area contributed by atoms with E-state index in [1.807, 2.05) is 0 Å². The highest BCUT2D eigenvalue weighted by Gasteiger charge is 2.20. The number of benzene rings is 1. The van der Waals surface area contributed by atoms with E-state index in [1.165, 1.54) is 6.92 Å². The van der Waals surface area contributed by atoms with Gasteiger partial charge in [-0.25, -0.2) is 4.39 Å². The van der Waals surface area contributed by atoms with Gasteiger partial charge >= 0.3 is 5.69 Å². The van der Waals surface area contributed by atoms with Crippen molar-refractivity contribution in [1.82, 2.24) is 0 Å². The summed E-state index contributed by atoms with van der Waals surface area (Å²) in [6.07, 6.45) is 1.71. The molecule has 0 heterocycles. The molecule has 0 N–H and O–H groups in total. The highest BCUT2D eigenvalue weighted by molar-refractivity contribution is 9.10. The Hall–Kier alpha value is -1.50. The SMILES string of the molecule is CC(=O)CCCCOc1c(Br)cc(F)cc1[N+](=O)[O-]. The van der Waals surface area contributed by atoms with E-state index in [2.05, 4.69) is 15.9 Å². The first-order valence-electron chi connectivity index (χ1n) is 5.67. The number of nitro groups is 1. The molecule has 0 unspecified atom stereocenters. The summed E-state index contributed by atoms with van der Waals surface area (Å²) < 4.78 is 18.6. The molecule has 0 aliphatic heterocycles. The van der Waals surface area contributed by atoms with Crippen molar-refractivity contribution < 1.29 is 18.8 Å². The lowest BCUT2D eigenvalue weighted by Gasteiger charge is -2.08. The molecular weight excluding hydrogens is 321 g/mol. The van der Waals surface area contributed by atoms with Gasteiger partial charge in [-0.15, -0.1) is 0 Å². The Balaban J connectivity index is 2.67. The second kappa shape index (κ2) is 7.18. The Morgan fingerprint density at radius 3 is 2.74 bits per heavy atom. The zero-order valence-electron chi connectivity index (χ0n) is 10.3. The molecule has 0 aromatic heterocycles. The Kier molecular flexibility index (Phi) is 5.88. The summed E-state index contributed by atoms with van der Waals surface area (Å²) in [4.78, 5) is 20.8. The van der Waals surface area contributed by atoms with Crippen molar-refractivity contribution in [2.75, 3.05) is 6.61 Å². The van der Waals surface area contributed by atoms with Crippen molar-refractivity contribution >= 4 is 27.4 Å². The summed E-state index contributed by atoms with van der Waals surface area (Å²) in [5.41, 5.74) is -0.418. The summed E-state index contributed by atoms with van der Waals surface area (Å²) in [7, 11) is 0. The number of Topliss-reactive ketones (excluding diaryl/α,β-unsaturated/α-hetero) is 1. The number of nitrogens with zero attached hydrogens (tertiary/aromatic N) is 1. The first-order valence-corrected chi connectivity index (χ1v) is 6.46. The molecule has 104 valence electrons. The number of nitro benzene ring substituents is 1. The molecule has 0 spiro atoms. The summed E-state index contributed by atoms with van der Waals surface area (Å²) in [6.45, 7) is 1.74. The van der Waals surface area contributed by atoms with Crippen molar-refractivity contribution in [3.05, 3.63) is 32.5 Å². The molecule has 5 nitrogen and oxygen atoms in total. The fourth-order valence-electron chi connectivity index (χ4n) is 1.48. The monoisotopic (exact) mass is 333 g/mol. The summed E-state index contributed by atoms with van der Waals surface area (Å²) in [5.74, 6) is -0.606. The van der Waals surface area contributed by atoms with Gasteiger partial charge in [-0.05, 0) is 41.8 Å². The molecule has 19 heavy (non-hydrogen) atoms. The molecule has 0 atom stereocenters. The van der Waals surface area contributed by atoms with Crippen LogP contribution in [0.1, 0.15) is 26.2 Å². The van der Waals surface area contributed by atoms with Gasteiger partial charge in [0.15, 0.2) is 0 Å². The molecule has 7 heteroatoms. The molecule has 0 fully saturated rings. The number of carbonyl (C=O) groups is 1. The lowest BCUT2D eigenvalue weighted by Crippen LogP contribution is -2.03. The van der Waals surface area contributed by atoms with Crippen LogP contribution in [-0.4, -0.2) is 17.3 Å². The van der Waals surface area contributed by atoms with Crippen molar-refractivity contribution in [2.45, 2.75) is 26.2 Å². The summed E-state index contributed by atoms with van der Waals surface area (Å²) in [6, 6.07) is 1.92. The number of hydrogen-bond donors (Lipinski definition) is 0. The van der Waals surface area contributed by atoms with Crippen LogP contribution in [0.5, 0.6) is 5.75 Å². The lowest BCUT2D eigenvalue weighted by molar-refractivity contribution is -0.386. The molecule has 0 aliphatic carbocycles. The fourth-order valence-corrected chi connectivity index (χ4v) is 2.01. The predicted octanol–water partition coefficient (Wildman–Crippen LogP) is 3.63. The standard InChI is InChI=1S/C12H13BrFNO4/c1-8(16)4-2-3-5-19-12-10(13)6-9(14)7-11(12)15(17)18/h6-7H,2-5H2,1H3. The van der Waals surface area contributed by atoms with Gasteiger partial charge in [-0.2, -0.15) is 0 Å². The van der Waals surface area contributed by atoms with Crippen molar-refractivity contribution in [1.29, 1.82) is 0 Å². The maximum atomic E-state index is 13.1. The van der Waals surface area contributed by atoms with Crippen LogP contribution in [0.15, 0.2) is 16.6 Å². The molecule has 0 saturated carbocycles. The number of ether oxygens (including phenoxy) is 1. The molecule has 0 saturated heterocycles. The van der Waals surface area contributed by atoms with Crippen LogP contribution in [0.2, 0.25) is 0 Å². The van der Waals surface area contributed by atoms with Crippen LogP contribution in [0.3, 0.4) is 0 Å². The predicted molar refractivity (Wildman–Crippen MR) is 70.8 cm³/mol. The van der Waals surface area contributed by atoms with E-state index < -0.39 is 16.4 Å². The Labute approximate surface area is 118 Å². The smallest absolute Gasteiger partial charge is 0.315 e. The summed E-state index contributed by atoms with van der Waals surface area (Å²) in [5, 5.41) is 10.8. The molecule has 0 bridgehead atoms. The fraction of sp³-hybridized carbons (Fsp3) is 0.417. The minimum Gasteiger partial charge on any atom is -0.486 e. The highest BCUT2D eigenvalue weighted by Crippen LogP contribution is 2.36. The lowest BCUT2D eigenvalue weighted by atomic mass is 10.2. The van der Waals surface area contributed by atoms with Gasteiger partial charge in [0, 0.05) is 6.42 Å². The van der Waals surface area contributed by atoms with E-state index in [1.54, 1.807) is 0 Å². The van der Waals surface area contributed by atoms with E-state index in [0.29, 0.717) is 19.3 Å². The van der Waals surface area contributed by atoms with E-state index in [0.717, 1.165) is 12.1 Å². The number of unbranched alkanes of at least 4 members (excludes halogenated alkanes) is 1. The van der Waals surface area contributed by atoms with Crippen LogP contribution >= 0.6 is 15.9 Å². The largest absolute Gasteiger partial charge is 0.486 e. The average Bonchev–Trinajstić information content (AvgIpc) is 2.29. The topological polar surface area (TPSA) is 69.4 Å². The van der Waals surface area contributed by atoms with Crippen molar-refractivity contribution in [3.8, 4) is 5.75 Å². The number of carbonyl (C=O) groups excluding carboxylic acids is 1. The van der Waals surface area contributed by atoms with Gasteiger partial charge in [-0.1, -0.05) is 0 Å². The number of hydrogen-bond acceptors (Lipinski definition) is 4. The number of rotatable bonds is 7. The minimum atomic E-state index is -0.706. The third kappa shape index (κ3) is 4.94. The van der Waals surface area contributed by atoms with Gasteiger partial charge < -0.3 is 9.53 Å². The minimum absolute atomic E-state index is 0.00854. The molecule has 0 aliphatic rings. The Bertz CT molecular complexity index is 493. The Morgan fingerprint density at radius 2 is 2.16 bits per heavy atom. The summed E-state index contributed by atoms with van der Waals surface area (Å²) >= 11 is 3.04. The van der Waals surface area contributed by atoms with E-state index >= 15 is 0 Å². The first-order chi connectivity index (χ1) is 8.91. The van der Waals surface area contributed by atoms with Gasteiger partial charge in [0.25, 0.3) is 0 Å². The average molecular weight is 334 g/mol. The second-order valence-corrected chi connectivity index (χ2v) is 4.85. The van der Waals surface area contributed by atoms with Crippen molar-refractivity contribution in [2.24, 2.45) is 0 Å². The third-order valence-electron chi connectivity index (χ3n) is 2.36. The Morgan fingerprint density at radius 1 is 1.47 bits per heavy atom. The highest BCUT2D eigenvalue weighted by atomic mass is 79.9. The van der Waals surface area contributed by atoms with Crippen LogP contribution < -0.4 is 4.74 Å². The van der Waals surface area contributed by atoms with Gasteiger partial charge in [0.05, 0.1) is 22.1 Å². The third-order valence-corrected chi connectivity index (χ3v) is 2.94. The first kappa shape index (κ1) is 15.6. The van der Waals surface area contributed by atoms with Gasteiger partial charge in [-0.3, -0.25) is 10.1 Å². The maximum absolute atomic E-state index is 13.1. The molecule has 0 radical (unpaired) electrons. The number of halogens is 2.